The lowest BCUT2D eigenvalue weighted by Gasteiger charge is -2.42. The fourth-order valence-electron chi connectivity index (χ4n) is 4.21. The molecule has 2 fully saturated rings. The van der Waals surface area contributed by atoms with Crippen LogP contribution in [-0.2, 0) is 26.4 Å². The first kappa shape index (κ1) is 24.1. The first-order valence-electron chi connectivity index (χ1n) is 11.6. The van der Waals surface area contributed by atoms with Crippen molar-refractivity contribution in [2.45, 2.75) is 31.8 Å². The van der Waals surface area contributed by atoms with E-state index in [1.54, 1.807) is 37.3 Å². The summed E-state index contributed by atoms with van der Waals surface area (Å²) in [6.45, 7) is 1.90. The highest BCUT2D eigenvalue weighted by Gasteiger charge is 2.41. The molecule has 1 saturated heterocycles. The Balaban J connectivity index is 1.37. The number of anilines is 1. The Bertz CT molecular complexity index is 1400. The maximum absolute atomic E-state index is 13.3. The van der Waals surface area contributed by atoms with Gasteiger partial charge < -0.3 is 15.4 Å². The van der Waals surface area contributed by atoms with Gasteiger partial charge in [-0.05, 0) is 55.7 Å². The molecule has 0 spiro atoms. The van der Waals surface area contributed by atoms with E-state index in [0.717, 1.165) is 18.4 Å². The van der Waals surface area contributed by atoms with E-state index < -0.39 is 17.0 Å². The Morgan fingerprint density at radius 2 is 1.89 bits per heavy atom. The molecule has 2 N–H and O–H groups in total. The summed E-state index contributed by atoms with van der Waals surface area (Å²) in [5.41, 5.74) is 0.951. The number of benzene rings is 2. The number of amides is 2. The first-order chi connectivity index (χ1) is 17.2. The highest BCUT2D eigenvalue weighted by atomic mass is 35.5. The molecule has 186 valence electrons. The van der Waals surface area contributed by atoms with Gasteiger partial charge in [-0.1, -0.05) is 23.7 Å². The fourth-order valence-corrected chi connectivity index (χ4v) is 4.38. The second-order valence-electron chi connectivity index (χ2n) is 9.20. The fraction of sp³-hybridized carbons (Fsp3) is 0.308. The topological polar surface area (TPSA) is 102 Å². The molecular weight excluding hydrogens is 487 g/mol. The predicted octanol–water partition coefficient (Wildman–Crippen LogP) is 3.40. The lowest BCUT2D eigenvalue weighted by atomic mass is 9.88. The Hall–Kier alpha value is -3.56. The van der Waals surface area contributed by atoms with Gasteiger partial charge in [-0.25, -0.2) is 9.37 Å². The third kappa shape index (κ3) is 4.89. The van der Waals surface area contributed by atoms with Crippen LogP contribution in [0, 0.1) is 18.7 Å². The number of aromatic nitrogens is 2. The lowest BCUT2D eigenvalue weighted by Crippen LogP contribution is -2.60. The van der Waals surface area contributed by atoms with Crippen LogP contribution in [0.3, 0.4) is 0 Å². The van der Waals surface area contributed by atoms with Crippen molar-refractivity contribution < 1.29 is 18.7 Å². The van der Waals surface area contributed by atoms with Gasteiger partial charge in [-0.2, -0.15) is 0 Å². The Kier molecular flexibility index (Phi) is 6.36. The van der Waals surface area contributed by atoms with Crippen LogP contribution in [0.2, 0.25) is 5.02 Å². The highest BCUT2D eigenvalue weighted by Crippen LogP contribution is 2.34. The molecule has 2 amide bonds. The number of nitrogens with one attached hydrogen (secondary N) is 2. The molecule has 0 radical (unpaired) electrons. The van der Waals surface area contributed by atoms with E-state index in [1.807, 2.05) is 0 Å². The minimum atomic E-state index is -0.770. The van der Waals surface area contributed by atoms with Crippen molar-refractivity contribution in [2.24, 2.45) is 5.92 Å². The van der Waals surface area contributed by atoms with Crippen molar-refractivity contribution in [3.8, 4) is 11.3 Å². The molecule has 5 rings (SSSR count). The van der Waals surface area contributed by atoms with Crippen LogP contribution >= 0.6 is 11.6 Å². The zero-order valence-electron chi connectivity index (χ0n) is 19.5. The number of ether oxygens (including phenoxy) is 1. The average Bonchev–Trinajstić information content (AvgIpc) is 3.65. The summed E-state index contributed by atoms with van der Waals surface area (Å²) in [7, 11) is 0. The summed E-state index contributed by atoms with van der Waals surface area (Å²) >= 11 is 6.14. The molecule has 0 atom stereocenters. The van der Waals surface area contributed by atoms with Crippen molar-refractivity contribution >= 4 is 29.1 Å². The molecule has 0 unspecified atom stereocenters. The van der Waals surface area contributed by atoms with Gasteiger partial charge in [0.05, 0.1) is 24.6 Å². The summed E-state index contributed by atoms with van der Waals surface area (Å²) in [6.07, 6.45) is 1.71. The number of rotatable bonds is 7. The zero-order valence-corrected chi connectivity index (χ0v) is 20.3. The molecule has 2 aliphatic rings. The Morgan fingerprint density at radius 1 is 1.17 bits per heavy atom. The maximum Gasteiger partial charge on any atom is 0.254 e. The van der Waals surface area contributed by atoms with E-state index >= 15 is 0 Å². The SMILES string of the molecule is Cc1nc(-c2ccc(Cl)cc2NC(=O)C2CC2)cc(=O)n1CC(=O)NC1(c2ccc(F)cc2)COC1. The van der Waals surface area contributed by atoms with Gasteiger partial charge in [0, 0.05) is 22.6 Å². The minimum Gasteiger partial charge on any atom is -0.376 e. The summed E-state index contributed by atoms with van der Waals surface area (Å²) in [5.74, 6) is -0.522. The van der Waals surface area contributed by atoms with Crippen molar-refractivity contribution in [1.29, 1.82) is 0 Å². The van der Waals surface area contributed by atoms with Crippen LogP contribution in [0.4, 0.5) is 10.1 Å². The van der Waals surface area contributed by atoms with Crippen LogP contribution < -0.4 is 16.2 Å². The molecule has 3 aromatic rings. The zero-order chi connectivity index (χ0) is 25.4. The Labute approximate surface area is 211 Å². The highest BCUT2D eigenvalue weighted by molar-refractivity contribution is 6.31. The van der Waals surface area contributed by atoms with E-state index in [9.17, 15) is 18.8 Å². The average molecular weight is 511 g/mol. The number of halogens is 2. The number of hydrogen-bond donors (Lipinski definition) is 2. The van der Waals surface area contributed by atoms with Gasteiger partial charge in [0.2, 0.25) is 11.8 Å². The van der Waals surface area contributed by atoms with Crippen LogP contribution in [-0.4, -0.2) is 34.6 Å². The van der Waals surface area contributed by atoms with Gasteiger partial charge in [0.1, 0.15) is 23.7 Å². The van der Waals surface area contributed by atoms with Gasteiger partial charge in [-0.15, -0.1) is 0 Å². The second-order valence-corrected chi connectivity index (χ2v) is 9.63. The molecule has 1 aliphatic heterocycles. The van der Waals surface area contributed by atoms with Crippen LogP contribution in [0.1, 0.15) is 24.2 Å². The molecule has 10 heteroatoms. The molecule has 0 bridgehead atoms. The third-order valence-corrected chi connectivity index (χ3v) is 6.67. The summed E-state index contributed by atoms with van der Waals surface area (Å²) in [4.78, 5) is 42.8. The molecule has 1 aliphatic carbocycles. The normalized spacial score (nSPS) is 16.2. The van der Waals surface area contributed by atoms with Crippen LogP contribution in [0.5, 0.6) is 0 Å². The number of aryl methyl sites for hydroxylation is 1. The van der Waals surface area contributed by atoms with E-state index in [-0.39, 0.29) is 37.4 Å². The van der Waals surface area contributed by atoms with Gasteiger partial charge in [0.15, 0.2) is 0 Å². The smallest absolute Gasteiger partial charge is 0.254 e. The van der Waals surface area contributed by atoms with Gasteiger partial charge in [0.25, 0.3) is 5.56 Å². The molecule has 2 aromatic carbocycles. The Morgan fingerprint density at radius 3 is 2.50 bits per heavy atom. The quantitative estimate of drug-likeness (QED) is 0.507. The third-order valence-electron chi connectivity index (χ3n) is 6.44. The van der Waals surface area contributed by atoms with Crippen molar-refractivity contribution in [2.75, 3.05) is 18.5 Å². The standard InChI is InChI=1S/C26H24ClFN4O4/c1-15-29-22(20-9-6-18(27)10-21(20)30-25(35)16-2-3-16)11-24(34)32(15)12-23(33)31-26(13-36-14-26)17-4-7-19(28)8-5-17/h4-11,16H,2-3,12-14H2,1H3,(H,30,35)(H,31,33). The largest absolute Gasteiger partial charge is 0.376 e. The number of hydrogen-bond acceptors (Lipinski definition) is 5. The van der Waals surface area contributed by atoms with Gasteiger partial charge in [-0.3, -0.25) is 19.0 Å². The van der Waals surface area contributed by atoms with Crippen LogP contribution in [0.25, 0.3) is 11.3 Å². The number of carbonyl (C=O) groups is 2. The molecule has 1 aromatic heterocycles. The van der Waals surface area contributed by atoms with Gasteiger partial charge >= 0.3 is 0 Å². The molecule has 2 heterocycles. The molecule has 1 saturated carbocycles. The summed E-state index contributed by atoms with van der Waals surface area (Å²) < 4.78 is 19.9. The maximum atomic E-state index is 13.3. The molecular formula is C26H24ClFN4O4. The van der Waals surface area contributed by atoms with Crippen molar-refractivity contribution in [1.82, 2.24) is 14.9 Å². The van der Waals surface area contributed by atoms with E-state index in [1.165, 1.54) is 22.8 Å². The lowest BCUT2D eigenvalue weighted by molar-refractivity contribution is -0.134. The summed E-state index contributed by atoms with van der Waals surface area (Å²) in [6, 6.07) is 12.2. The minimum absolute atomic E-state index is 0.00249. The van der Waals surface area contributed by atoms with E-state index in [2.05, 4.69) is 15.6 Å². The molecule has 8 nitrogen and oxygen atoms in total. The van der Waals surface area contributed by atoms with Crippen LogP contribution in [0.15, 0.2) is 53.3 Å². The van der Waals surface area contributed by atoms with E-state index in [4.69, 9.17) is 16.3 Å². The molecule has 36 heavy (non-hydrogen) atoms. The van der Waals surface area contributed by atoms with Crippen molar-refractivity contribution in [3.63, 3.8) is 0 Å². The second kappa shape index (κ2) is 9.48. The first-order valence-corrected chi connectivity index (χ1v) is 12.0. The van der Waals surface area contributed by atoms with E-state index in [0.29, 0.717) is 27.8 Å². The monoisotopic (exact) mass is 510 g/mol. The summed E-state index contributed by atoms with van der Waals surface area (Å²) in [5, 5.41) is 6.26. The number of nitrogens with zero attached hydrogens (tertiary/aromatic N) is 2. The predicted molar refractivity (Wildman–Crippen MR) is 132 cm³/mol. The number of carbonyl (C=O) groups excluding carboxylic acids is 2. The van der Waals surface area contributed by atoms with Crippen molar-refractivity contribution in [3.05, 3.63) is 81.1 Å².